The van der Waals surface area contributed by atoms with E-state index in [4.69, 9.17) is 32.4 Å². The van der Waals surface area contributed by atoms with E-state index >= 15 is 0 Å². The maximum atomic E-state index is 12.4. The summed E-state index contributed by atoms with van der Waals surface area (Å²) < 4.78 is 10.4. The molecule has 3 aromatic rings. The van der Waals surface area contributed by atoms with E-state index in [0.717, 1.165) is 0 Å². The van der Waals surface area contributed by atoms with Gasteiger partial charge in [0.25, 0.3) is 5.91 Å². The topological polar surface area (TPSA) is 92.3 Å². The van der Waals surface area contributed by atoms with Crippen LogP contribution in [0.1, 0.15) is 16.1 Å². The Labute approximate surface area is 182 Å². The predicted molar refractivity (Wildman–Crippen MR) is 114 cm³/mol. The highest BCUT2D eigenvalue weighted by Gasteiger charge is 2.15. The number of amides is 1. The molecule has 0 saturated carbocycles. The molecule has 2 aromatic carbocycles. The molecule has 0 atom stereocenters. The molecule has 0 spiro atoms. The molecule has 8 heteroatoms. The van der Waals surface area contributed by atoms with Crippen molar-refractivity contribution in [3.63, 3.8) is 0 Å². The number of furan rings is 1. The molecule has 1 amide bonds. The average molecular weight is 441 g/mol. The third-order valence-corrected chi connectivity index (χ3v) is 4.62. The second-order valence-electron chi connectivity index (χ2n) is 6.02. The van der Waals surface area contributed by atoms with Gasteiger partial charge >= 0.3 is 5.97 Å². The molecule has 0 radical (unpaired) electrons. The van der Waals surface area contributed by atoms with Gasteiger partial charge in [-0.1, -0.05) is 23.2 Å². The fraction of sp³-hybridized carbons (Fsp3) is 0.0455. The highest BCUT2D eigenvalue weighted by Crippen LogP contribution is 2.31. The van der Waals surface area contributed by atoms with Crippen LogP contribution in [-0.4, -0.2) is 19.0 Å². The molecule has 150 valence electrons. The second-order valence-corrected chi connectivity index (χ2v) is 6.86. The first-order valence-electron chi connectivity index (χ1n) is 8.58. The van der Waals surface area contributed by atoms with Crippen LogP contribution in [0, 0.1) is 11.3 Å². The van der Waals surface area contributed by atoms with E-state index in [2.05, 4.69) is 5.32 Å². The maximum absolute atomic E-state index is 12.4. The van der Waals surface area contributed by atoms with Crippen molar-refractivity contribution in [3.8, 4) is 17.4 Å². The highest BCUT2D eigenvalue weighted by atomic mass is 35.5. The summed E-state index contributed by atoms with van der Waals surface area (Å²) in [4.78, 5) is 24.1. The number of carbonyl (C=O) groups excluding carboxylic acids is 2. The number of nitriles is 1. The number of hydrogen-bond donors (Lipinski definition) is 1. The van der Waals surface area contributed by atoms with Crippen LogP contribution in [0.5, 0.6) is 0 Å². The molecule has 1 heterocycles. The van der Waals surface area contributed by atoms with Crippen molar-refractivity contribution in [2.24, 2.45) is 0 Å². The molecule has 0 aliphatic heterocycles. The van der Waals surface area contributed by atoms with E-state index in [9.17, 15) is 14.9 Å². The van der Waals surface area contributed by atoms with Crippen molar-refractivity contribution in [1.29, 1.82) is 5.26 Å². The van der Waals surface area contributed by atoms with Crippen molar-refractivity contribution in [2.75, 3.05) is 12.4 Å². The zero-order chi connectivity index (χ0) is 21.7. The summed E-state index contributed by atoms with van der Waals surface area (Å²) in [5, 5.41) is 12.9. The van der Waals surface area contributed by atoms with Crippen molar-refractivity contribution < 1.29 is 18.7 Å². The van der Waals surface area contributed by atoms with Crippen molar-refractivity contribution in [2.45, 2.75) is 0 Å². The molecular weight excluding hydrogens is 427 g/mol. The van der Waals surface area contributed by atoms with E-state index < -0.39 is 11.9 Å². The summed E-state index contributed by atoms with van der Waals surface area (Å²) in [5.41, 5.74) is 1.13. The number of esters is 1. The van der Waals surface area contributed by atoms with Crippen LogP contribution >= 0.6 is 23.2 Å². The van der Waals surface area contributed by atoms with Crippen LogP contribution in [0.15, 0.2) is 64.6 Å². The third-order valence-electron chi connectivity index (χ3n) is 4.03. The summed E-state index contributed by atoms with van der Waals surface area (Å²) in [6.07, 6.45) is 1.31. The molecule has 0 saturated heterocycles. The number of nitrogens with one attached hydrogen (secondary N) is 1. The molecule has 6 nitrogen and oxygen atoms in total. The standard InChI is InChI=1S/C22H14Cl2N2O4/c1-29-22(28)13-2-8-19(24)18(11-13)20-9-7-17(30-20)10-14(12-25)21(27)26-16-5-3-15(23)4-6-16/h2-11H,1H3,(H,26,27)/b14-10-. The van der Waals surface area contributed by atoms with Crippen LogP contribution in [0.4, 0.5) is 5.69 Å². The van der Waals surface area contributed by atoms with E-state index in [1.165, 1.54) is 19.3 Å². The molecule has 0 bridgehead atoms. The molecule has 30 heavy (non-hydrogen) atoms. The van der Waals surface area contributed by atoms with Crippen molar-refractivity contribution >= 4 is 46.8 Å². The molecule has 3 rings (SSSR count). The lowest BCUT2D eigenvalue weighted by atomic mass is 10.1. The Hall–Kier alpha value is -3.53. The molecule has 0 aliphatic rings. The van der Waals surface area contributed by atoms with Gasteiger partial charge in [-0.3, -0.25) is 4.79 Å². The minimum atomic E-state index is -0.594. The fourth-order valence-corrected chi connectivity index (χ4v) is 2.89. The first kappa shape index (κ1) is 21.2. The third kappa shape index (κ3) is 4.90. The van der Waals surface area contributed by atoms with Gasteiger partial charge in [0, 0.05) is 22.3 Å². The molecule has 1 N–H and O–H groups in total. The van der Waals surface area contributed by atoms with E-state index in [0.29, 0.717) is 32.6 Å². The number of ether oxygens (including phenoxy) is 1. The van der Waals surface area contributed by atoms with Gasteiger partial charge < -0.3 is 14.5 Å². The highest BCUT2D eigenvalue weighted by molar-refractivity contribution is 6.33. The van der Waals surface area contributed by atoms with Crippen LogP contribution in [0.2, 0.25) is 10.0 Å². The smallest absolute Gasteiger partial charge is 0.337 e. The number of benzene rings is 2. The predicted octanol–water partition coefficient (Wildman–Crippen LogP) is 5.59. The quantitative estimate of drug-likeness (QED) is 0.317. The lowest BCUT2D eigenvalue weighted by molar-refractivity contribution is -0.112. The van der Waals surface area contributed by atoms with Gasteiger partial charge in [-0.2, -0.15) is 5.26 Å². The average Bonchev–Trinajstić information content (AvgIpc) is 3.21. The zero-order valence-electron chi connectivity index (χ0n) is 15.6. The zero-order valence-corrected chi connectivity index (χ0v) is 17.1. The normalized spacial score (nSPS) is 10.9. The van der Waals surface area contributed by atoms with Gasteiger partial charge in [0.05, 0.1) is 17.7 Å². The van der Waals surface area contributed by atoms with Gasteiger partial charge in [-0.05, 0) is 54.6 Å². The Balaban J connectivity index is 1.85. The molecular formula is C22H14Cl2N2O4. The monoisotopic (exact) mass is 440 g/mol. The van der Waals surface area contributed by atoms with Crippen LogP contribution in [0.25, 0.3) is 17.4 Å². The number of carbonyl (C=O) groups is 2. The van der Waals surface area contributed by atoms with E-state index in [-0.39, 0.29) is 11.3 Å². The summed E-state index contributed by atoms with van der Waals surface area (Å²) in [6.45, 7) is 0. The SMILES string of the molecule is COC(=O)c1ccc(Cl)c(-c2ccc(/C=C(/C#N)C(=O)Nc3ccc(Cl)cc3)o2)c1. The van der Waals surface area contributed by atoms with Crippen molar-refractivity contribution in [3.05, 3.63) is 81.5 Å². The van der Waals surface area contributed by atoms with Gasteiger partial charge in [0.2, 0.25) is 0 Å². The molecule has 0 fully saturated rings. The van der Waals surface area contributed by atoms with E-state index in [1.54, 1.807) is 48.5 Å². The van der Waals surface area contributed by atoms with E-state index in [1.807, 2.05) is 6.07 Å². The largest absolute Gasteiger partial charge is 0.465 e. The first-order chi connectivity index (χ1) is 14.4. The van der Waals surface area contributed by atoms with Crippen LogP contribution in [0.3, 0.4) is 0 Å². The Morgan fingerprint density at radius 2 is 1.83 bits per heavy atom. The maximum Gasteiger partial charge on any atom is 0.337 e. The lowest BCUT2D eigenvalue weighted by Crippen LogP contribution is -2.13. The molecule has 1 aromatic heterocycles. The Morgan fingerprint density at radius 3 is 2.50 bits per heavy atom. The summed E-state index contributed by atoms with van der Waals surface area (Å²) in [7, 11) is 1.28. The van der Waals surface area contributed by atoms with Gasteiger partial charge in [0.15, 0.2) is 0 Å². The number of halogens is 2. The lowest BCUT2D eigenvalue weighted by Gasteiger charge is -2.05. The Bertz CT molecular complexity index is 1170. The minimum Gasteiger partial charge on any atom is -0.465 e. The fourth-order valence-electron chi connectivity index (χ4n) is 2.56. The molecule has 0 aliphatic carbocycles. The number of rotatable bonds is 5. The molecule has 0 unspecified atom stereocenters. The number of methoxy groups -OCH3 is 1. The Kier molecular flexibility index (Phi) is 6.58. The summed E-state index contributed by atoms with van der Waals surface area (Å²) in [6, 6.07) is 16.2. The van der Waals surface area contributed by atoms with Crippen molar-refractivity contribution in [1.82, 2.24) is 0 Å². The summed E-state index contributed by atoms with van der Waals surface area (Å²) >= 11 is 12.0. The number of nitrogens with zero attached hydrogens (tertiary/aromatic N) is 1. The first-order valence-corrected chi connectivity index (χ1v) is 9.33. The van der Waals surface area contributed by atoms with Crippen LogP contribution in [-0.2, 0) is 9.53 Å². The number of hydrogen-bond acceptors (Lipinski definition) is 5. The van der Waals surface area contributed by atoms with Crippen LogP contribution < -0.4 is 5.32 Å². The van der Waals surface area contributed by atoms with Gasteiger partial charge in [-0.15, -0.1) is 0 Å². The Morgan fingerprint density at radius 1 is 1.10 bits per heavy atom. The minimum absolute atomic E-state index is 0.153. The second kappa shape index (κ2) is 9.31. The van der Waals surface area contributed by atoms with Gasteiger partial charge in [0.1, 0.15) is 23.2 Å². The number of anilines is 1. The summed E-state index contributed by atoms with van der Waals surface area (Å²) in [5.74, 6) is -0.464. The van der Waals surface area contributed by atoms with Gasteiger partial charge in [-0.25, -0.2) is 4.79 Å².